The first-order valence-corrected chi connectivity index (χ1v) is 9.86. The van der Waals surface area contributed by atoms with Crippen molar-refractivity contribution in [2.75, 3.05) is 13.7 Å². The molecule has 1 unspecified atom stereocenters. The van der Waals surface area contributed by atoms with Gasteiger partial charge in [0.1, 0.15) is 5.75 Å². The first-order valence-electron chi connectivity index (χ1n) is 9.86. The third kappa shape index (κ3) is 4.18. The van der Waals surface area contributed by atoms with Gasteiger partial charge >= 0.3 is 0 Å². The number of fused-ring (bicyclic) bond motifs is 1. The summed E-state index contributed by atoms with van der Waals surface area (Å²) in [6.07, 6.45) is 2.43. The summed E-state index contributed by atoms with van der Waals surface area (Å²) in [5.74, 6) is 0.614. The molecule has 4 aromatic rings. The Morgan fingerprint density at radius 1 is 1.10 bits per heavy atom. The zero-order chi connectivity index (χ0) is 20.9. The van der Waals surface area contributed by atoms with E-state index in [0.29, 0.717) is 18.5 Å². The Morgan fingerprint density at radius 2 is 1.93 bits per heavy atom. The Kier molecular flexibility index (Phi) is 5.77. The summed E-state index contributed by atoms with van der Waals surface area (Å²) in [4.78, 5) is 13.0. The number of ether oxygens (including phenoxy) is 1. The maximum atomic E-state index is 13.0. The van der Waals surface area contributed by atoms with Crippen LogP contribution in [0.2, 0.25) is 0 Å². The number of carbonyl (C=O) groups excluding carboxylic acids is 1. The van der Waals surface area contributed by atoms with E-state index >= 15 is 0 Å². The van der Waals surface area contributed by atoms with Gasteiger partial charge < -0.3 is 15.8 Å². The average Bonchev–Trinajstić information content (AvgIpc) is 3.27. The van der Waals surface area contributed by atoms with Gasteiger partial charge in [-0.05, 0) is 66.1 Å². The number of nitrogens with zero attached hydrogens (tertiary/aromatic N) is 1. The van der Waals surface area contributed by atoms with Crippen LogP contribution >= 0.6 is 0 Å². The lowest BCUT2D eigenvalue weighted by Crippen LogP contribution is -2.30. The SMILES string of the molecule is COc1cccc(C(CCN)NC(=O)c2cccc(-c3ccc4[nH]ncc4c3)c2)c1. The van der Waals surface area contributed by atoms with E-state index in [-0.39, 0.29) is 11.9 Å². The summed E-state index contributed by atoms with van der Waals surface area (Å²) in [6, 6.07) is 21.2. The number of hydrogen-bond acceptors (Lipinski definition) is 4. The van der Waals surface area contributed by atoms with Crippen molar-refractivity contribution in [3.63, 3.8) is 0 Å². The quantitative estimate of drug-likeness (QED) is 0.436. The number of H-pyrrole nitrogens is 1. The summed E-state index contributed by atoms with van der Waals surface area (Å²) < 4.78 is 5.31. The molecule has 3 aromatic carbocycles. The van der Waals surface area contributed by atoms with Gasteiger partial charge in [0.25, 0.3) is 5.91 Å². The van der Waals surface area contributed by atoms with Crippen molar-refractivity contribution in [2.45, 2.75) is 12.5 Å². The zero-order valence-electron chi connectivity index (χ0n) is 16.8. The van der Waals surface area contributed by atoms with Crippen molar-refractivity contribution in [1.29, 1.82) is 0 Å². The summed E-state index contributed by atoms with van der Waals surface area (Å²) >= 11 is 0. The van der Waals surface area contributed by atoms with Gasteiger partial charge in [-0.15, -0.1) is 0 Å². The fraction of sp³-hybridized carbons (Fsp3) is 0.167. The van der Waals surface area contributed by atoms with Crippen molar-refractivity contribution in [3.8, 4) is 16.9 Å². The van der Waals surface area contributed by atoms with Crippen LogP contribution in [-0.4, -0.2) is 29.8 Å². The molecule has 1 heterocycles. The molecule has 1 atom stereocenters. The molecule has 1 aromatic heterocycles. The monoisotopic (exact) mass is 400 g/mol. The minimum atomic E-state index is -0.191. The van der Waals surface area contributed by atoms with Crippen LogP contribution < -0.4 is 15.8 Å². The van der Waals surface area contributed by atoms with Crippen LogP contribution in [0.4, 0.5) is 0 Å². The molecule has 4 N–H and O–H groups in total. The summed E-state index contributed by atoms with van der Waals surface area (Å²) in [5.41, 5.74) is 10.4. The fourth-order valence-corrected chi connectivity index (χ4v) is 3.55. The molecule has 30 heavy (non-hydrogen) atoms. The number of methoxy groups -OCH3 is 1. The van der Waals surface area contributed by atoms with Gasteiger partial charge in [0.05, 0.1) is 24.9 Å². The Balaban J connectivity index is 1.58. The molecule has 0 aliphatic carbocycles. The highest BCUT2D eigenvalue weighted by atomic mass is 16.5. The third-order valence-electron chi connectivity index (χ3n) is 5.16. The van der Waals surface area contributed by atoms with Crippen molar-refractivity contribution < 1.29 is 9.53 Å². The smallest absolute Gasteiger partial charge is 0.251 e. The normalized spacial score (nSPS) is 11.9. The van der Waals surface area contributed by atoms with Gasteiger partial charge in [-0.2, -0.15) is 5.10 Å². The molecular weight excluding hydrogens is 376 g/mol. The Bertz CT molecular complexity index is 1170. The van der Waals surface area contributed by atoms with Crippen LogP contribution in [0.5, 0.6) is 5.75 Å². The molecule has 6 nitrogen and oxygen atoms in total. The highest BCUT2D eigenvalue weighted by Crippen LogP contribution is 2.25. The molecule has 0 aliphatic rings. The van der Waals surface area contributed by atoms with Crippen LogP contribution in [0.1, 0.15) is 28.4 Å². The topological polar surface area (TPSA) is 93.0 Å². The molecule has 0 spiro atoms. The van der Waals surface area contributed by atoms with Gasteiger partial charge in [-0.1, -0.05) is 30.3 Å². The van der Waals surface area contributed by atoms with Crippen LogP contribution in [-0.2, 0) is 0 Å². The van der Waals surface area contributed by atoms with E-state index in [1.807, 2.05) is 60.7 Å². The Hall–Kier alpha value is -3.64. The van der Waals surface area contributed by atoms with Gasteiger partial charge in [0, 0.05) is 10.9 Å². The predicted octanol–water partition coefficient (Wildman–Crippen LogP) is 4.06. The number of nitrogens with two attached hydrogens (primary N) is 1. The summed E-state index contributed by atoms with van der Waals surface area (Å²) in [7, 11) is 1.63. The second-order valence-corrected chi connectivity index (χ2v) is 7.13. The highest BCUT2D eigenvalue weighted by molar-refractivity contribution is 5.96. The number of benzene rings is 3. The maximum Gasteiger partial charge on any atom is 0.251 e. The minimum absolute atomic E-state index is 0.137. The van der Waals surface area contributed by atoms with Crippen LogP contribution in [0, 0.1) is 0 Å². The number of nitrogens with one attached hydrogen (secondary N) is 2. The van der Waals surface area contributed by atoms with E-state index in [1.54, 1.807) is 13.3 Å². The first kappa shape index (κ1) is 19.7. The van der Waals surface area contributed by atoms with Crippen LogP contribution in [0.25, 0.3) is 22.0 Å². The van der Waals surface area contributed by atoms with Crippen molar-refractivity contribution >= 4 is 16.8 Å². The molecule has 0 saturated carbocycles. The number of aromatic amines is 1. The summed E-state index contributed by atoms with van der Waals surface area (Å²) in [5, 5.41) is 11.2. The van der Waals surface area contributed by atoms with E-state index in [2.05, 4.69) is 21.6 Å². The lowest BCUT2D eigenvalue weighted by molar-refractivity contribution is 0.0935. The number of rotatable bonds is 7. The van der Waals surface area contributed by atoms with Crippen LogP contribution in [0.3, 0.4) is 0 Å². The number of amides is 1. The van der Waals surface area contributed by atoms with Crippen LogP contribution in [0.15, 0.2) is 72.9 Å². The largest absolute Gasteiger partial charge is 0.497 e. The molecule has 152 valence electrons. The molecule has 0 fully saturated rings. The van der Waals surface area contributed by atoms with Crippen molar-refractivity contribution in [3.05, 3.63) is 84.1 Å². The number of carbonyl (C=O) groups is 1. The lowest BCUT2D eigenvalue weighted by atomic mass is 10.00. The van der Waals surface area contributed by atoms with E-state index in [1.165, 1.54) is 0 Å². The molecule has 0 saturated heterocycles. The second-order valence-electron chi connectivity index (χ2n) is 7.13. The van der Waals surface area contributed by atoms with Gasteiger partial charge in [-0.3, -0.25) is 9.89 Å². The standard InChI is InChI=1S/C24H24N4O2/c1-30-21-7-3-5-18(14-21)22(10-11-25)27-24(29)19-6-2-4-16(12-19)17-8-9-23-20(13-17)15-26-28-23/h2-9,12-15,22H,10-11,25H2,1H3,(H,26,28)(H,27,29). The van der Waals surface area contributed by atoms with Gasteiger partial charge in [-0.25, -0.2) is 0 Å². The van der Waals surface area contributed by atoms with Crippen molar-refractivity contribution in [2.24, 2.45) is 5.73 Å². The first-order chi connectivity index (χ1) is 14.7. The molecule has 4 rings (SSSR count). The van der Waals surface area contributed by atoms with Gasteiger partial charge in [0.15, 0.2) is 0 Å². The van der Waals surface area contributed by atoms with Crippen molar-refractivity contribution in [1.82, 2.24) is 15.5 Å². The second kappa shape index (κ2) is 8.80. The molecular formula is C24H24N4O2. The average molecular weight is 400 g/mol. The molecule has 0 radical (unpaired) electrons. The summed E-state index contributed by atoms with van der Waals surface area (Å²) in [6.45, 7) is 0.465. The minimum Gasteiger partial charge on any atom is -0.497 e. The molecule has 6 heteroatoms. The molecule has 0 bridgehead atoms. The maximum absolute atomic E-state index is 13.0. The van der Waals surface area contributed by atoms with E-state index in [4.69, 9.17) is 10.5 Å². The van der Waals surface area contributed by atoms with E-state index in [0.717, 1.165) is 33.3 Å². The number of aromatic nitrogens is 2. The van der Waals surface area contributed by atoms with E-state index < -0.39 is 0 Å². The van der Waals surface area contributed by atoms with E-state index in [9.17, 15) is 4.79 Å². The molecule has 0 aliphatic heterocycles. The lowest BCUT2D eigenvalue weighted by Gasteiger charge is -2.19. The Labute approximate surface area is 175 Å². The third-order valence-corrected chi connectivity index (χ3v) is 5.16. The number of hydrogen-bond donors (Lipinski definition) is 3. The fourth-order valence-electron chi connectivity index (χ4n) is 3.55. The van der Waals surface area contributed by atoms with Gasteiger partial charge in [0.2, 0.25) is 0 Å². The zero-order valence-corrected chi connectivity index (χ0v) is 16.8. The molecule has 1 amide bonds. The predicted molar refractivity (Wildman–Crippen MR) is 118 cm³/mol. The highest BCUT2D eigenvalue weighted by Gasteiger charge is 2.16. The Morgan fingerprint density at radius 3 is 2.77 bits per heavy atom.